The summed E-state index contributed by atoms with van der Waals surface area (Å²) in [6.45, 7) is 2.06. The summed E-state index contributed by atoms with van der Waals surface area (Å²) in [5.41, 5.74) is 1.01. The SMILES string of the molecule is O=C(NC1CCCCCC1)N1CC(Cn2nc(C3CC3)ccc2=O)C1. The van der Waals surface area contributed by atoms with Gasteiger partial charge in [0.15, 0.2) is 0 Å². The van der Waals surface area contributed by atoms with Crippen LogP contribution in [-0.2, 0) is 6.54 Å². The Balaban J connectivity index is 1.26. The number of carbonyl (C=O) groups excluding carboxylic acids is 1. The van der Waals surface area contributed by atoms with Crippen molar-refractivity contribution >= 4 is 6.03 Å². The molecule has 0 radical (unpaired) electrons. The van der Waals surface area contributed by atoms with E-state index in [1.54, 1.807) is 10.7 Å². The standard InChI is InChI=1S/C19H28N4O2/c24-18-10-9-17(15-7-8-15)21-23(18)13-14-11-22(12-14)19(25)20-16-5-3-1-2-4-6-16/h9-10,14-16H,1-8,11-13H2,(H,20,25). The third-order valence-corrected chi connectivity index (χ3v) is 5.74. The number of hydrogen-bond donors (Lipinski definition) is 1. The van der Waals surface area contributed by atoms with Gasteiger partial charge in [-0.05, 0) is 31.7 Å². The Labute approximate surface area is 148 Å². The highest BCUT2D eigenvalue weighted by atomic mass is 16.2. The van der Waals surface area contributed by atoms with Gasteiger partial charge >= 0.3 is 6.03 Å². The lowest BCUT2D eigenvalue weighted by Gasteiger charge is -2.39. The lowest BCUT2D eigenvalue weighted by atomic mass is 10.0. The van der Waals surface area contributed by atoms with Crippen LogP contribution in [0, 0.1) is 5.92 Å². The molecule has 0 spiro atoms. The molecule has 136 valence electrons. The maximum Gasteiger partial charge on any atom is 0.317 e. The van der Waals surface area contributed by atoms with E-state index in [9.17, 15) is 9.59 Å². The Morgan fingerprint density at radius 2 is 1.80 bits per heavy atom. The molecule has 1 N–H and O–H groups in total. The van der Waals surface area contributed by atoms with Crippen LogP contribution in [0.5, 0.6) is 0 Å². The molecule has 0 unspecified atom stereocenters. The highest BCUT2D eigenvalue weighted by Gasteiger charge is 2.32. The van der Waals surface area contributed by atoms with Gasteiger partial charge in [0.2, 0.25) is 0 Å². The summed E-state index contributed by atoms with van der Waals surface area (Å²) in [4.78, 5) is 26.2. The molecule has 2 saturated carbocycles. The predicted molar refractivity (Wildman–Crippen MR) is 95.6 cm³/mol. The van der Waals surface area contributed by atoms with E-state index in [1.807, 2.05) is 11.0 Å². The van der Waals surface area contributed by atoms with Gasteiger partial charge in [-0.3, -0.25) is 4.79 Å². The highest BCUT2D eigenvalue weighted by Crippen LogP contribution is 2.38. The lowest BCUT2D eigenvalue weighted by Crippen LogP contribution is -2.56. The molecule has 4 rings (SSSR count). The minimum absolute atomic E-state index is 0.0363. The number of urea groups is 1. The van der Waals surface area contributed by atoms with E-state index >= 15 is 0 Å². The van der Waals surface area contributed by atoms with Crippen molar-refractivity contribution in [1.29, 1.82) is 0 Å². The van der Waals surface area contributed by atoms with Gasteiger partial charge < -0.3 is 10.2 Å². The molecule has 0 atom stereocenters. The molecular weight excluding hydrogens is 316 g/mol. The molecule has 6 heteroatoms. The van der Waals surface area contributed by atoms with Crippen LogP contribution in [0.1, 0.15) is 63.0 Å². The fourth-order valence-electron chi connectivity index (χ4n) is 3.98. The normalized spacial score (nSPS) is 22.3. The van der Waals surface area contributed by atoms with Gasteiger partial charge in [-0.1, -0.05) is 25.7 Å². The first-order valence-corrected chi connectivity index (χ1v) is 9.82. The predicted octanol–water partition coefficient (Wildman–Crippen LogP) is 2.48. The third kappa shape index (κ3) is 4.05. The number of carbonyl (C=O) groups is 1. The van der Waals surface area contributed by atoms with Gasteiger partial charge in [-0.2, -0.15) is 5.10 Å². The van der Waals surface area contributed by atoms with E-state index in [1.165, 1.54) is 38.5 Å². The van der Waals surface area contributed by atoms with Crippen LogP contribution in [0.3, 0.4) is 0 Å². The van der Waals surface area contributed by atoms with Gasteiger partial charge in [-0.15, -0.1) is 0 Å². The number of aromatic nitrogens is 2. The van der Waals surface area contributed by atoms with Crippen LogP contribution in [0.15, 0.2) is 16.9 Å². The van der Waals surface area contributed by atoms with Gasteiger partial charge in [0.1, 0.15) is 0 Å². The molecule has 1 aromatic heterocycles. The molecule has 2 amide bonds. The van der Waals surface area contributed by atoms with Crippen LogP contribution in [0.4, 0.5) is 4.79 Å². The molecule has 3 aliphatic rings. The van der Waals surface area contributed by atoms with E-state index in [0.29, 0.717) is 24.4 Å². The maximum atomic E-state index is 12.4. The number of hydrogen-bond acceptors (Lipinski definition) is 3. The molecule has 1 aromatic rings. The smallest absolute Gasteiger partial charge is 0.317 e. The number of nitrogens with one attached hydrogen (secondary N) is 1. The topological polar surface area (TPSA) is 67.2 Å². The summed E-state index contributed by atoms with van der Waals surface area (Å²) in [5.74, 6) is 0.884. The van der Waals surface area contributed by atoms with Crippen molar-refractivity contribution in [3.05, 3.63) is 28.2 Å². The maximum absolute atomic E-state index is 12.4. The molecule has 0 aromatic carbocycles. The van der Waals surface area contributed by atoms with Crippen LogP contribution < -0.4 is 10.9 Å². The number of amides is 2. The van der Waals surface area contributed by atoms with E-state index < -0.39 is 0 Å². The van der Waals surface area contributed by atoms with Crippen LogP contribution in [-0.4, -0.2) is 39.8 Å². The molecule has 2 heterocycles. The third-order valence-electron chi connectivity index (χ3n) is 5.74. The van der Waals surface area contributed by atoms with Crippen molar-refractivity contribution in [3.8, 4) is 0 Å². The Kier molecular flexibility index (Phi) is 4.77. The van der Waals surface area contributed by atoms with Gasteiger partial charge in [0, 0.05) is 37.0 Å². The average Bonchev–Trinajstić information content (AvgIpc) is 3.39. The number of rotatable bonds is 4. The van der Waals surface area contributed by atoms with E-state index in [-0.39, 0.29) is 11.6 Å². The zero-order chi connectivity index (χ0) is 17.2. The van der Waals surface area contributed by atoms with Crippen LogP contribution in [0.2, 0.25) is 0 Å². The second-order valence-electron chi connectivity index (χ2n) is 7.96. The monoisotopic (exact) mass is 344 g/mol. The molecule has 6 nitrogen and oxygen atoms in total. The van der Waals surface area contributed by atoms with Gasteiger partial charge in [-0.25, -0.2) is 9.48 Å². The molecule has 3 fully saturated rings. The summed E-state index contributed by atoms with van der Waals surface area (Å²) in [7, 11) is 0. The van der Waals surface area contributed by atoms with Gasteiger partial charge in [0.25, 0.3) is 5.56 Å². The second kappa shape index (κ2) is 7.18. The first kappa shape index (κ1) is 16.6. The average molecular weight is 344 g/mol. The summed E-state index contributed by atoms with van der Waals surface area (Å²) in [6.07, 6.45) is 9.61. The molecular formula is C19H28N4O2. The van der Waals surface area contributed by atoms with Crippen molar-refractivity contribution in [2.75, 3.05) is 13.1 Å². The molecule has 1 aliphatic heterocycles. The van der Waals surface area contributed by atoms with E-state index in [4.69, 9.17) is 0 Å². The van der Waals surface area contributed by atoms with Crippen molar-refractivity contribution in [1.82, 2.24) is 20.0 Å². The van der Waals surface area contributed by atoms with Crippen molar-refractivity contribution in [2.24, 2.45) is 5.92 Å². The Morgan fingerprint density at radius 1 is 1.08 bits per heavy atom. The summed E-state index contributed by atoms with van der Waals surface area (Å²) in [6, 6.07) is 3.91. The zero-order valence-corrected chi connectivity index (χ0v) is 14.8. The zero-order valence-electron chi connectivity index (χ0n) is 14.8. The van der Waals surface area contributed by atoms with Crippen molar-refractivity contribution in [2.45, 2.75) is 69.9 Å². The van der Waals surface area contributed by atoms with Crippen molar-refractivity contribution < 1.29 is 4.79 Å². The van der Waals surface area contributed by atoms with Crippen LogP contribution in [0.25, 0.3) is 0 Å². The van der Waals surface area contributed by atoms with E-state index in [0.717, 1.165) is 31.6 Å². The Hall–Kier alpha value is -1.85. The first-order chi connectivity index (χ1) is 12.2. The molecule has 2 aliphatic carbocycles. The summed E-state index contributed by atoms with van der Waals surface area (Å²) in [5, 5.41) is 7.71. The summed E-state index contributed by atoms with van der Waals surface area (Å²) >= 11 is 0. The number of likely N-dealkylation sites (tertiary alicyclic amines) is 1. The Bertz CT molecular complexity index is 668. The minimum Gasteiger partial charge on any atom is -0.335 e. The largest absolute Gasteiger partial charge is 0.335 e. The Morgan fingerprint density at radius 3 is 2.48 bits per heavy atom. The second-order valence-corrected chi connectivity index (χ2v) is 7.96. The van der Waals surface area contributed by atoms with Crippen LogP contribution >= 0.6 is 0 Å². The van der Waals surface area contributed by atoms with Gasteiger partial charge in [0.05, 0.1) is 12.2 Å². The number of nitrogens with zero attached hydrogens (tertiary/aromatic N) is 3. The quantitative estimate of drug-likeness (QED) is 0.853. The first-order valence-electron chi connectivity index (χ1n) is 9.82. The lowest BCUT2D eigenvalue weighted by molar-refractivity contribution is 0.104. The molecule has 0 bridgehead atoms. The molecule has 1 saturated heterocycles. The fraction of sp³-hybridized carbons (Fsp3) is 0.737. The van der Waals surface area contributed by atoms with Crippen molar-refractivity contribution in [3.63, 3.8) is 0 Å². The minimum atomic E-state index is -0.0363. The fourth-order valence-corrected chi connectivity index (χ4v) is 3.98. The summed E-state index contributed by atoms with van der Waals surface area (Å²) < 4.78 is 1.60. The van der Waals surface area contributed by atoms with E-state index in [2.05, 4.69) is 10.4 Å². The molecule has 25 heavy (non-hydrogen) atoms. The highest BCUT2D eigenvalue weighted by molar-refractivity contribution is 5.75.